The molecule has 0 radical (unpaired) electrons. The second-order valence-corrected chi connectivity index (χ2v) is 8.00. The molecule has 1 aliphatic rings. The van der Waals surface area contributed by atoms with Crippen molar-refractivity contribution in [1.29, 1.82) is 0 Å². The molecule has 6 heteroatoms. The molecule has 1 saturated heterocycles. The summed E-state index contributed by atoms with van der Waals surface area (Å²) in [6.07, 6.45) is 0.896. The minimum atomic E-state index is -0.148. The lowest BCUT2D eigenvalue weighted by molar-refractivity contribution is 0.0791. The summed E-state index contributed by atoms with van der Waals surface area (Å²) in [7, 11) is 1.66. The van der Waals surface area contributed by atoms with Crippen LogP contribution in [0.1, 0.15) is 49.1 Å². The monoisotopic (exact) mass is 368 g/mol. The van der Waals surface area contributed by atoms with Crippen molar-refractivity contribution >= 4 is 11.7 Å². The predicted octanol–water partition coefficient (Wildman–Crippen LogP) is 3.25. The van der Waals surface area contributed by atoms with E-state index < -0.39 is 0 Å². The highest BCUT2D eigenvalue weighted by atomic mass is 16.5. The summed E-state index contributed by atoms with van der Waals surface area (Å²) in [5.41, 5.74) is 1.44. The van der Waals surface area contributed by atoms with Crippen molar-refractivity contribution in [1.82, 2.24) is 14.9 Å². The van der Waals surface area contributed by atoms with E-state index >= 15 is 0 Å². The standard InChI is InChI=1S/C21H28N4O2/c1-21(2,3)20-23-17(14-27-4)12-18(24-20)22-16-10-11-25(13-16)19(26)15-8-6-5-7-9-15/h5-9,12,16H,10-11,13-14H2,1-4H3,(H,22,23,24). The average Bonchev–Trinajstić information content (AvgIpc) is 3.09. The number of ether oxygens (including phenoxy) is 1. The molecule has 0 saturated carbocycles. The van der Waals surface area contributed by atoms with Crippen molar-refractivity contribution < 1.29 is 9.53 Å². The molecule has 2 heterocycles. The molecule has 1 aliphatic heterocycles. The Labute approximate surface area is 161 Å². The number of amides is 1. The van der Waals surface area contributed by atoms with Gasteiger partial charge in [0.25, 0.3) is 5.91 Å². The molecule has 0 spiro atoms. The molecule has 1 N–H and O–H groups in total. The summed E-state index contributed by atoms with van der Waals surface area (Å²) >= 11 is 0. The van der Waals surface area contributed by atoms with Gasteiger partial charge in [-0.25, -0.2) is 9.97 Å². The first-order valence-electron chi connectivity index (χ1n) is 9.35. The number of benzene rings is 1. The molecule has 0 bridgehead atoms. The third-order valence-corrected chi connectivity index (χ3v) is 4.59. The van der Waals surface area contributed by atoms with Crippen molar-refractivity contribution in [3.05, 3.63) is 53.5 Å². The van der Waals surface area contributed by atoms with Crippen molar-refractivity contribution in [2.75, 3.05) is 25.5 Å². The molecule has 2 aromatic rings. The normalized spacial score (nSPS) is 17.2. The third kappa shape index (κ3) is 4.83. The Hall–Kier alpha value is -2.47. The molecule has 1 fully saturated rings. The number of likely N-dealkylation sites (tertiary alicyclic amines) is 1. The minimum absolute atomic E-state index is 0.0815. The predicted molar refractivity (Wildman–Crippen MR) is 106 cm³/mol. The van der Waals surface area contributed by atoms with E-state index in [0.29, 0.717) is 13.2 Å². The smallest absolute Gasteiger partial charge is 0.253 e. The molecule has 0 aliphatic carbocycles. The lowest BCUT2D eigenvalue weighted by Gasteiger charge is -2.21. The van der Waals surface area contributed by atoms with Crippen LogP contribution in [-0.4, -0.2) is 47.0 Å². The maximum absolute atomic E-state index is 12.6. The van der Waals surface area contributed by atoms with Gasteiger partial charge in [-0.3, -0.25) is 4.79 Å². The van der Waals surface area contributed by atoms with Gasteiger partial charge in [0.1, 0.15) is 11.6 Å². The Kier molecular flexibility index (Phi) is 5.75. The average molecular weight is 368 g/mol. The van der Waals surface area contributed by atoms with E-state index in [-0.39, 0.29) is 17.4 Å². The molecule has 27 heavy (non-hydrogen) atoms. The lowest BCUT2D eigenvalue weighted by atomic mass is 9.95. The number of hydrogen-bond donors (Lipinski definition) is 1. The molecule has 3 rings (SSSR count). The number of nitrogens with zero attached hydrogens (tertiary/aromatic N) is 3. The Bertz CT molecular complexity index is 787. The quantitative estimate of drug-likeness (QED) is 0.877. The van der Waals surface area contributed by atoms with E-state index in [4.69, 9.17) is 9.72 Å². The van der Waals surface area contributed by atoms with Crippen LogP contribution in [0.25, 0.3) is 0 Å². The molecule has 1 unspecified atom stereocenters. The van der Waals surface area contributed by atoms with Crippen molar-refractivity contribution in [3.63, 3.8) is 0 Å². The summed E-state index contributed by atoms with van der Waals surface area (Å²) in [6, 6.07) is 11.5. The highest BCUT2D eigenvalue weighted by Gasteiger charge is 2.27. The van der Waals surface area contributed by atoms with Gasteiger partial charge in [0.2, 0.25) is 0 Å². The Morgan fingerprint density at radius 2 is 2.00 bits per heavy atom. The van der Waals surface area contributed by atoms with E-state index in [9.17, 15) is 4.79 Å². The third-order valence-electron chi connectivity index (χ3n) is 4.59. The van der Waals surface area contributed by atoms with Gasteiger partial charge in [-0.05, 0) is 18.6 Å². The molecular formula is C21H28N4O2. The zero-order valence-electron chi connectivity index (χ0n) is 16.5. The largest absolute Gasteiger partial charge is 0.378 e. The molecule has 144 valence electrons. The Morgan fingerprint density at radius 3 is 2.67 bits per heavy atom. The fourth-order valence-corrected chi connectivity index (χ4v) is 3.16. The highest BCUT2D eigenvalue weighted by Crippen LogP contribution is 2.23. The van der Waals surface area contributed by atoms with Crippen LogP contribution < -0.4 is 5.32 Å². The summed E-state index contributed by atoms with van der Waals surface area (Å²) in [5.74, 6) is 1.66. The molecule has 6 nitrogen and oxygen atoms in total. The number of methoxy groups -OCH3 is 1. The first-order chi connectivity index (χ1) is 12.9. The van der Waals surface area contributed by atoms with E-state index in [0.717, 1.165) is 35.9 Å². The topological polar surface area (TPSA) is 67.3 Å². The van der Waals surface area contributed by atoms with Gasteiger partial charge in [-0.15, -0.1) is 0 Å². The molecule has 1 atom stereocenters. The van der Waals surface area contributed by atoms with E-state index in [1.165, 1.54) is 0 Å². The molecule has 1 aromatic carbocycles. The number of carbonyl (C=O) groups is 1. The van der Waals surface area contributed by atoms with Crippen LogP contribution in [0.4, 0.5) is 5.82 Å². The van der Waals surface area contributed by atoms with E-state index in [1.54, 1.807) is 7.11 Å². The summed E-state index contributed by atoms with van der Waals surface area (Å²) in [6.45, 7) is 8.15. The van der Waals surface area contributed by atoms with Gasteiger partial charge >= 0.3 is 0 Å². The van der Waals surface area contributed by atoms with Crippen LogP contribution in [0, 0.1) is 0 Å². The number of aromatic nitrogens is 2. The van der Waals surface area contributed by atoms with Gasteiger partial charge < -0.3 is 15.0 Å². The Morgan fingerprint density at radius 1 is 1.26 bits per heavy atom. The Balaban J connectivity index is 1.71. The van der Waals surface area contributed by atoms with E-state index in [1.807, 2.05) is 41.3 Å². The fourth-order valence-electron chi connectivity index (χ4n) is 3.16. The number of hydrogen-bond acceptors (Lipinski definition) is 5. The van der Waals surface area contributed by atoms with Gasteiger partial charge in [-0.2, -0.15) is 0 Å². The fraction of sp³-hybridized carbons (Fsp3) is 0.476. The first-order valence-corrected chi connectivity index (χ1v) is 9.35. The van der Waals surface area contributed by atoms with Crippen LogP contribution in [0.3, 0.4) is 0 Å². The number of nitrogens with one attached hydrogen (secondary N) is 1. The molecular weight excluding hydrogens is 340 g/mol. The van der Waals surface area contributed by atoms with Gasteiger partial charge in [0.05, 0.1) is 12.3 Å². The summed E-state index contributed by atoms with van der Waals surface area (Å²) in [5, 5.41) is 3.49. The van der Waals surface area contributed by atoms with Crippen LogP contribution in [0.5, 0.6) is 0 Å². The SMILES string of the molecule is COCc1cc(NC2CCN(C(=O)c3ccccc3)C2)nc(C(C)(C)C)n1. The van der Waals surface area contributed by atoms with Crippen molar-refractivity contribution in [3.8, 4) is 0 Å². The van der Waals surface area contributed by atoms with Crippen molar-refractivity contribution in [2.45, 2.75) is 45.3 Å². The van der Waals surface area contributed by atoms with Crippen molar-refractivity contribution in [2.24, 2.45) is 0 Å². The maximum Gasteiger partial charge on any atom is 0.253 e. The number of rotatable bonds is 5. The second-order valence-electron chi connectivity index (χ2n) is 8.00. The summed E-state index contributed by atoms with van der Waals surface area (Å²) < 4.78 is 5.25. The number of anilines is 1. The first kappa shape index (κ1) is 19.3. The van der Waals surface area contributed by atoms with Gasteiger partial charge in [-0.1, -0.05) is 39.0 Å². The van der Waals surface area contributed by atoms with Crippen LogP contribution in [-0.2, 0) is 16.8 Å². The molecule has 1 amide bonds. The zero-order valence-corrected chi connectivity index (χ0v) is 16.5. The van der Waals surface area contributed by atoms with Gasteiger partial charge in [0, 0.05) is 43.3 Å². The van der Waals surface area contributed by atoms with E-state index in [2.05, 4.69) is 31.1 Å². The summed E-state index contributed by atoms with van der Waals surface area (Å²) in [4.78, 5) is 23.8. The van der Waals surface area contributed by atoms with Gasteiger partial charge in [0.15, 0.2) is 0 Å². The zero-order chi connectivity index (χ0) is 19.4. The lowest BCUT2D eigenvalue weighted by Crippen LogP contribution is -2.32. The van der Waals surface area contributed by atoms with Crippen LogP contribution in [0.15, 0.2) is 36.4 Å². The van der Waals surface area contributed by atoms with Crippen LogP contribution >= 0.6 is 0 Å². The maximum atomic E-state index is 12.6. The highest BCUT2D eigenvalue weighted by molar-refractivity contribution is 5.94. The minimum Gasteiger partial charge on any atom is -0.378 e. The second kappa shape index (κ2) is 8.05. The van der Waals surface area contributed by atoms with Crippen LogP contribution in [0.2, 0.25) is 0 Å². The molecule has 1 aromatic heterocycles. The number of carbonyl (C=O) groups excluding carboxylic acids is 1.